The molecule has 0 aromatic heterocycles. The molecule has 0 saturated heterocycles. The molecule has 2 atom stereocenters. The number of rotatable bonds is 6. The van der Waals surface area contributed by atoms with Crippen LogP contribution in [0, 0.1) is 0 Å². The third kappa shape index (κ3) is 4.18. The normalized spacial score (nSPS) is 12.6. The molecule has 2 unspecified atom stereocenters. The molecular formula is C17H15N3O3. The molecule has 0 bridgehead atoms. The molecule has 0 aliphatic heterocycles. The van der Waals surface area contributed by atoms with Crippen molar-refractivity contribution in [3.63, 3.8) is 0 Å². The molecule has 0 amide bonds. The first-order valence-electron chi connectivity index (χ1n) is 7.02. The van der Waals surface area contributed by atoms with Crippen molar-refractivity contribution in [2.75, 3.05) is 0 Å². The quantitative estimate of drug-likeness (QED) is 0.267. The van der Waals surface area contributed by atoms with E-state index in [0.29, 0.717) is 11.1 Å². The number of azide groups is 1. The highest BCUT2D eigenvalue weighted by molar-refractivity contribution is 6.01. The molecule has 2 aromatic rings. The van der Waals surface area contributed by atoms with Crippen LogP contribution in [0.5, 0.6) is 0 Å². The summed E-state index contributed by atoms with van der Waals surface area (Å²) in [7, 11) is 0. The number of Topliss-reactive ketones (excluding diaryl/α,β-unsaturated/α-hetero) is 1. The minimum absolute atomic E-state index is 0.335. The van der Waals surface area contributed by atoms with Gasteiger partial charge in [0, 0.05) is 16.0 Å². The second-order valence-electron chi connectivity index (χ2n) is 4.84. The summed E-state index contributed by atoms with van der Waals surface area (Å²) >= 11 is 0. The van der Waals surface area contributed by atoms with Gasteiger partial charge in [-0.3, -0.25) is 9.59 Å². The fraction of sp³-hybridized carbons (Fsp3) is 0.176. The van der Waals surface area contributed by atoms with Crippen molar-refractivity contribution in [2.45, 2.75) is 19.1 Å². The Bertz CT molecular complexity index is 725. The number of esters is 1. The van der Waals surface area contributed by atoms with Gasteiger partial charge in [0.05, 0.1) is 0 Å². The second-order valence-corrected chi connectivity index (χ2v) is 4.84. The highest BCUT2D eigenvalue weighted by atomic mass is 16.5. The van der Waals surface area contributed by atoms with Gasteiger partial charge in [0.2, 0.25) is 5.78 Å². The third-order valence-electron chi connectivity index (χ3n) is 3.20. The Balaban J connectivity index is 2.31. The van der Waals surface area contributed by atoms with E-state index in [1.54, 1.807) is 60.7 Å². The van der Waals surface area contributed by atoms with Crippen LogP contribution < -0.4 is 0 Å². The van der Waals surface area contributed by atoms with Gasteiger partial charge in [-0.05, 0) is 12.5 Å². The summed E-state index contributed by atoms with van der Waals surface area (Å²) in [5.74, 6) is -1.08. The summed E-state index contributed by atoms with van der Waals surface area (Å²) in [6, 6.07) is 16.3. The average Bonchev–Trinajstić information content (AvgIpc) is 2.60. The first-order valence-corrected chi connectivity index (χ1v) is 7.02. The van der Waals surface area contributed by atoms with Crippen LogP contribution >= 0.6 is 0 Å². The van der Waals surface area contributed by atoms with Gasteiger partial charge >= 0.3 is 5.97 Å². The molecule has 23 heavy (non-hydrogen) atoms. The van der Waals surface area contributed by atoms with Crippen LogP contribution in [0.1, 0.15) is 28.9 Å². The average molecular weight is 309 g/mol. The summed E-state index contributed by atoms with van der Waals surface area (Å²) in [6.45, 7) is 1.41. The van der Waals surface area contributed by atoms with Crippen molar-refractivity contribution in [1.29, 1.82) is 0 Å². The maximum Gasteiger partial charge on any atom is 0.315 e. The fourth-order valence-corrected chi connectivity index (χ4v) is 1.99. The van der Waals surface area contributed by atoms with Gasteiger partial charge in [-0.2, -0.15) is 0 Å². The Morgan fingerprint density at radius 3 is 2.17 bits per heavy atom. The number of nitrogens with zero attached hydrogens (tertiary/aromatic N) is 3. The monoisotopic (exact) mass is 309 g/mol. The highest BCUT2D eigenvalue weighted by Crippen LogP contribution is 2.23. The van der Waals surface area contributed by atoms with E-state index in [9.17, 15) is 9.59 Å². The molecule has 2 rings (SSSR count). The zero-order valence-electron chi connectivity index (χ0n) is 12.5. The Morgan fingerprint density at radius 2 is 1.61 bits per heavy atom. The Hall–Kier alpha value is -3.11. The molecule has 0 saturated carbocycles. The van der Waals surface area contributed by atoms with E-state index in [-0.39, 0.29) is 5.78 Å². The number of hydrogen-bond donors (Lipinski definition) is 0. The summed E-state index contributed by atoms with van der Waals surface area (Å²) in [6.07, 6.45) is -1.08. The summed E-state index contributed by atoms with van der Waals surface area (Å²) in [5, 5.41) is 3.30. The standard InChI is InChI=1S/C17H15N3O3/c1-12(19-20-18)17(22)23-16(14-10-6-3-7-11-14)15(21)13-8-4-2-5-9-13/h2-12,16H,1H3. The van der Waals surface area contributed by atoms with Crippen molar-refractivity contribution in [3.8, 4) is 0 Å². The van der Waals surface area contributed by atoms with E-state index >= 15 is 0 Å². The zero-order valence-corrected chi connectivity index (χ0v) is 12.5. The number of benzene rings is 2. The topological polar surface area (TPSA) is 92.1 Å². The van der Waals surface area contributed by atoms with Crippen molar-refractivity contribution >= 4 is 11.8 Å². The highest BCUT2D eigenvalue weighted by Gasteiger charge is 2.27. The molecule has 0 heterocycles. The van der Waals surface area contributed by atoms with Crippen molar-refractivity contribution in [1.82, 2.24) is 0 Å². The van der Waals surface area contributed by atoms with Crippen molar-refractivity contribution in [2.24, 2.45) is 5.11 Å². The molecule has 6 heteroatoms. The van der Waals surface area contributed by atoms with Gasteiger partial charge < -0.3 is 4.74 Å². The maximum absolute atomic E-state index is 12.7. The number of ether oxygens (including phenoxy) is 1. The minimum Gasteiger partial charge on any atom is -0.449 e. The summed E-state index contributed by atoms with van der Waals surface area (Å²) in [5.41, 5.74) is 9.40. The van der Waals surface area contributed by atoms with E-state index < -0.39 is 18.1 Å². The first kappa shape index (κ1) is 16.3. The van der Waals surface area contributed by atoms with Gasteiger partial charge in [-0.1, -0.05) is 65.8 Å². The molecule has 6 nitrogen and oxygen atoms in total. The molecule has 0 fully saturated rings. The number of ketones is 1. The van der Waals surface area contributed by atoms with Crippen molar-refractivity contribution in [3.05, 3.63) is 82.2 Å². The first-order chi connectivity index (χ1) is 11.1. The summed E-state index contributed by atoms with van der Waals surface area (Å²) < 4.78 is 5.31. The van der Waals surface area contributed by atoms with Gasteiger partial charge in [-0.25, -0.2) is 0 Å². The molecular weight excluding hydrogens is 294 g/mol. The van der Waals surface area contributed by atoms with Gasteiger partial charge in [0.1, 0.15) is 6.04 Å². The second kappa shape index (κ2) is 7.77. The molecule has 2 aromatic carbocycles. The maximum atomic E-state index is 12.7. The number of carbonyl (C=O) groups excluding carboxylic acids is 2. The van der Waals surface area contributed by atoms with E-state index in [0.717, 1.165) is 0 Å². The Labute approximate surface area is 133 Å². The van der Waals surface area contributed by atoms with E-state index in [2.05, 4.69) is 10.0 Å². The van der Waals surface area contributed by atoms with Crippen LogP contribution in [-0.2, 0) is 9.53 Å². The lowest BCUT2D eigenvalue weighted by Gasteiger charge is -2.18. The van der Waals surface area contributed by atoms with Gasteiger partial charge in [-0.15, -0.1) is 0 Å². The lowest BCUT2D eigenvalue weighted by atomic mass is 10.00. The Kier molecular flexibility index (Phi) is 5.50. The van der Waals surface area contributed by atoms with Crippen LogP contribution in [0.15, 0.2) is 65.8 Å². The van der Waals surface area contributed by atoms with Gasteiger partial charge in [0.25, 0.3) is 0 Å². The number of carbonyl (C=O) groups is 2. The minimum atomic E-state index is -1.08. The SMILES string of the molecule is CC(N=[N+]=[N-])C(=O)OC(C(=O)c1ccccc1)c1ccccc1. The van der Waals surface area contributed by atoms with Gasteiger partial charge in [0.15, 0.2) is 6.10 Å². The van der Waals surface area contributed by atoms with Crippen LogP contribution in [0.4, 0.5) is 0 Å². The number of hydrogen-bond acceptors (Lipinski definition) is 4. The van der Waals surface area contributed by atoms with E-state index in [1.165, 1.54) is 6.92 Å². The third-order valence-corrected chi connectivity index (χ3v) is 3.20. The molecule has 0 radical (unpaired) electrons. The van der Waals surface area contributed by atoms with Crippen LogP contribution in [0.25, 0.3) is 10.4 Å². The van der Waals surface area contributed by atoms with E-state index in [1.807, 2.05) is 0 Å². The van der Waals surface area contributed by atoms with Crippen molar-refractivity contribution < 1.29 is 14.3 Å². The lowest BCUT2D eigenvalue weighted by molar-refractivity contribution is -0.148. The van der Waals surface area contributed by atoms with Crippen LogP contribution in [0.2, 0.25) is 0 Å². The largest absolute Gasteiger partial charge is 0.449 e. The molecule has 116 valence electrons. The zero-order chi connectivity index (χ0) is 16.7. The molecule has 0 N–H and O–H groups in total. The molecule has 0 aliphatic carbocycles. The van der Waals surface area contributed by atoms with Crippen LogP contribution in [0.3, 0.4) is 0 Å². The van der Waals surface area contributed by atoms with E-state index in [4.69, 9.17) is 10.3 Å². The predicted octanol–water partition coefficient (Wildman–Crippen LogP) is 3.85. The fourth-order valence-electron chi connectivity index (χ4n) is 1.99. The lowest BCUT2D eigenvalue weighted by Crippen LogP contribution is -2.25. The molecule has 0 aliphatic rings. The Morgan fingerprint density at radius 1 is 1.04 bits per heavy atom. The smallest absolute Gasteiger partial charge is 0.315 e. The van der Waals surface area contributed by atoms with Crippen LogP contribution in [-0.4, -0.2) is 17.8 Å². The predicted molar refractivity (Wildman–Crippen MR) is 84.7 cm³/mol. The molecule has 0 spiro atoms. The summed E-state index contributed by atoms with van der Waals surface area (Å²) in [4.78, 5) is 27.3.